The van der Waals surface area contributed by atoms with Crippen LogP contribution in [0.2, 0.25) is 0 Å². The maximum atomic E-state index is 12.1. The largest absolute Gasteiger partial charge is 0.497 e. The van der Waals surface area contributed by atoms with Crippen molar-refractivity contribution in [3.8, 4) is 5.75 Å². The first-order valence-corrected chi connectivity index (χ1v) is 6.18. The van der Waals surface area contributed by atoms with E-state index in [2.05, 4.69) is 15.3 Å². The van der Waals surface area contributed by atoms with Crippen LogP contribution in [0.15, 0.2) is 36.7 Å². The highest BCUT2D eigenvalue weighted by atomic mass is 16.5. The minimum absolute atomic E-state index is 0.107. The summed E-state index contributed by atoms with van der Waals surface area (Å²) in [6.45, 7) is 2.00. The molecule has 1 atom stereocenters. The number of carbonyl (C=O) groups excluding carboxylic acids is 1. The van der Waals surface area contributed by atoms with E-state index < -0.39 is 0 Å². The molecule has 1 aromatic heterocycles. The quantitative estimate of drug-likeness (QED) is 0.865. The molecule has 0 bridgehead atoms. The van der Waals surface area contributed by atoms with Crippen molar-refractivity contribution in [1.29, 1.82) is 0 Å². The summed E-state index contributed by atoms with van der Waals surface area (Å²) >= 11 is 0. The Kier molecular flexibility index (Phi) is 4.18. The zero-order valence-electron chi connectivity index (χ0n) is 11.0. The van der Waals surface area contributed by atoms with Crippen LogP contribution in [0.3, 0.4) is 0 Å². The van der Waals surface area contributed by atoms with Gasteiger partial charge in [0.05, 0.1) is 13.2 Å². The van der Waals surface area contributed by atoms with Gasteiger partial charge in [-0.2, -0.15) is 0 Å². The molecular weight excluding hydrogens is 242 g/mol. The fourth-order valence-corrected chi connectivity index (χ4v) is 1.82. The van der Waals surface area contributed by atoms with Gasteiger partial charge >= 0.3 is 0 Å². The number of aromatic nitrogens is 2. The van der Waals surface area contributed by atoms with Crippen molar-refractivity contribution in [2.45, 2.75) is 19.4 Å². The third-order valence-corrected chi connectivity index (χ3v) is 2.92. The number of rotatable bonds is 5. The summed E-state index contributed by atoms with van der Waals surface area (Å²) in [4.78, 5) is 19.3. The van der Waals surface area contributed by atoms with Crippen molar-refractivity contribution < 1.29 is 9.53 Å². The van der Waals surface area contributed by atoms with Crippen LogP contribution >= 0.6 is 0 Å². The Hall–Kier alpha value is -2.30. The molecule has 5 nitrogen and oxygen atoms in total. The molecule has 2 N–H and O–H groups in total. The summed E-state index contributed by atoms with van der Waals surface area (Å²) in [5, 5.41) is 2.95. The average Bonchev–Trinajstić information content (AvgIpc) is 2.98. The van der Waals surface area contributed by atoms with Crippen LogP contribution in [0.4, 0.5) is 0 Å². The van der Waals surface area contributed by atoms with Gasteiger partial charge in [-0.25, -0.2) is 4.98 Å². The second kappa shape index (κ2) is 6.04. The SMILES string of the molecule is CCC(NC(=O)c1ccc(OC)cc1)c1ncc[nH]1. The first-order valence-electron chi connectivity index (χ1n) is 6.18. The molecule has 0 aliphatic rings. The van der Waals surface area contributed by atoms with Gasteiger partial charge in [0.2, 0.25) is 0 Å². The van der Waals surface area contributed by atoms with E-state index in [9.17, 15) is 4.79 Å². The van der Waals surface area contributed by atoms with Gasteiger partial charge in [0, 0.05) is 18.0 Å². The van der Waals surface area contributed by atoms with Crippen LogP contribution in [-0.4, -0.2) is 23.0 Å². The maximum absolute atomic E-state index is 12.1. The molecule has 1 amide bonds. The van der Waals surface area contributed by atoms with Gasteiger partial charge < -0.3 is 15.0 Å². The van der Waals surface area contributed by atoms with E-state index in [0.29, 0.717) is 5.56 Å². The van der Waals surface area contributed by atoms with Gasteiger partial charge in [0.15, 0.2) is 0 Å². The van der Waals surface area contributed by atoms with Crippen LogP contribution in [0.25, 0.3) is 0 Å². The Morgan fingerprint density at radius 1 is 1.42 bits per heavy atom. The van der Waals surface area contributed by atoms with Crippen molar-refractivity contribution in [1.82, 2.24) is 15.3 Å². The molecule has 1 unspecified atom stereocenters. The van der Waals surface area contributed by atoms with Crippen molar-refractivity contribution in [3.63, 3.8) is 0 Å². The molecule has 0 saturated carbocycles. The number of H-pyrrole nitrogens is 1. The van der Waals surface area contributed by atoms with Crippen LogP contribution < -0.4 is 10.1 Å². The molecule has 1 heterocycles. The third kappa shape index (κ3) is 3.13. The first kappa shape index (κ1) is 13.1. The number of nitrogens with zero attached hydrogens (tertiary/aromatic N) is 1. The van der Waals surface area contributed by atoms with Gasteiger partial charge in [0.1, 0.15) is 11.6 Å². The number of aromatic amines is 1. The van der Waals surface area contributed by atoms with Gasteiger partial charge in [-0.05, 0) is 30.7 Å². The van der Waals surface area contributed by atoms with E-state index in [-0.39, 0.29) is 11.9 Å². The second-order valence-electron chi connectivity index (χ2n) is 4.14. The molecule has 2 rings (SSSR count). The molecule has 0 aliphatic heterocycles. The highest BCUT2D eigenvalue weighted by Gasteiger charge is 2.15. The van der Waals surface area contributed by atoms with Crippen LogP contribution in [0.5, 0.6) is 5.75 Å². The number of nitrogens with one attached hydrogen (secondary N) is 2. The first-order chi connectivity index (χ1) is 9.24. The Bertz CT molecular complexity index is 520. The van der Waals surface area contributed by atoms with E-state index in [1.54, 1.807) is 43.8 Å². The Morgan fingerprint density at radius 3 is 2.68 bits per heavy atom. The Balaban J connectivity index is 2.06. The monoisotopic (exact) mass is 259 g/mol. The van der Waals surface area contributed by atoms with E-state index in [0.717, 1.165) is 18.0 Å². The highest BCUT2D eigenvalue weighted by molar-refractivity contribution is 5.94. The lowest BCUT2D eigenvalue weighted by atomic mass is 10.1. The molecule has 19 heavy (non-hydrogen) atoms. The number of hydrogen-bond donors (Lipinski definition) is 2. The molecule has 5 heteroatoms. The van der Waals surface area contributed by atoms with Crippen molar-refractivity contribution in [2.75, 3.05) is 7.11 Å². The second-order valence-corrected chi connectivity index (χ2v) is 4.14. The lowest BCUT2D eigenvalue weighted by Crippen LogP contribution is -2.28. The molecule has 0 aliphatic carbocycles. The topological polar surface area (TPSA) is 67.0 Å². The Labute approximate surface area is 112 Å². The summed E-state index contributed by atoms with van der Waals surface area (Å²) in [5.74, 6) is 1.38. The number of ether oxygens (including phenoxy) is 1. The standard InChI is InChI=1S/C14H17N3O2/c1-3-12(13-15-8-9-16-13)17-14(18)10-4-6-11(19-2)7-5-10/h4-9,12H,3H2,1-2H3,(H,15,16)(H,17,18). The van der Waals surface area contributed by atoms with E-state index >= 15 is 0 Å². The summed E-state index contributed by atoms with van der Waals surface area (Å²) in [5.41, 5.74) is 0.603. The van der Waals surface area contributed by atoms with Crippen molar-refractivity contribution in [3.05, 3.63) is 48.0 Å². The van der Waals surface area contributed by atoms with Crippen LogP contribution in [-0.2, 0) is 0 Å². The molecule has 0 radical (unpaired) electrons. The predicted molar refractivity (Wildman–Crippen MR) is 72.1 cm³/mol. The smallest absolute Gasteiger partial charge is 0.251 e. The zero-order chi connectivity index (χ0) is 13.7. The lowest BCUT2D eigenvalue weighted by Gasteiger charge is -2.14. The van der Waals surface area contributed by atoms with Crippen molar-refractivity contribution >= 4 is 5.91 Å². The summed E-state index contributed by atoms with van der Waals surface area (Å²) in [6, 6.07) is 6.90. The zero-order valence-corrected chi connectivity index (χ0v) is 11.0. The number of methoxy groups -OCH3 is 1. The van der Waals surface area contributed by atoms with Gasteiger partial charge in [-0.3, -0.25) is 4.79 Å². The molecule has 0 spiro atoms. The number of imidazole rings is 1. The van der Waals surface area contributed by atoms with Crippen LogP contribution in [0.1, 0.15) is 35.6 Å². The molecule has 1 aromatic carbocycles. The minimum atomic E-state index is -0.120. The summed E-state index contributed by atoms with van der Waals surface area (Å²) in [6.07, 6.45) is 4.20. The summed E-state index contributed by atoms with van der Waals surface area (Å²) in [7, 11) is 1.60. The fraction of sp³-hybridized carbons (Fsp3) is 0.286. The number of benzene rings is 1. The van der Waals surface area contributed by atoms with Crippen molar-refractivity contribution in [2.24, 2.45) is 0 Å². The summed E-state index contributed by atoms with van der Waals surface area (Å²) < 4.78 is 5.06. The van der Waals surface area contributed by atoms with E-state index in [1.165, 1.54) is 0 Å². The van der Waals surface area contributed by atoms with Crippen LogP contribution in [0, 0.1) is 0 Å². The van der Waals surface area contributed by atoms with Gasteiger partial charge in [0.25, 0.3) is 5.91 Å². The molecule has 100 valence electrons. The maximum Gasteiger partial charge on any atom is 0.251 e. The average molecular weight is 259 g/mol. The third-order valence-electron chi connectivity index (χ3n) is 2.92. The fourth-order valence-electron chi connectivity index (χ4n) is 1.82. The lowest BCUT2D eigenvalue weighted by molar-refractivity contribution is 0.0934. The van der Waals surface area contributed by atoms with Gasteiger partial charge in [-0.15, -0.1) is 0 Å². The number of carbonyl (C=O) groups is 1. The van der Waals surface area contributed by atoms with E-state index in [1.807, 2.05) is 6.92 Å². The normalized spacial score (nSPS) is 11.9. The highest BCUT2D eigenvalue weighted by Crippen LogP contribution is 2.15. The van der Waals surface area contributed by atoms with Gasteiger partial charge in [-0.1, -0.05) is 6.92 Å². The molecule has 2 aromatic rings. The van der Waals surface area contributed by atoms with E-state index in [4.69, 9.17) is 4.74 Å². The number of hydrogen-bond acceptors (Lipinski definition) is 3. The number of amides is 1. The Morgan fingerprint density at radius 2 is 2.16 bits per heavy atom. The minimum Gasteiger partial charge on any atom is -0.497 e. The molecular formula is C14H17N3O2. The predicted octanol–water partition coefficient (Wildman–Crippen LogP) is 2.30. The molecule has 0 saturated heterocycles. The molecule has 0 fully saturated rings.